The molecule has 0 aliphatic carbocycles. The number of unbranched alkanes of at least 4 members (excludes halogenated alkanes) is 13. The highest BCUT2D eigenvalue weighted by Crippen LogP contribution is 2.18. The average molecular weight is 325 g/mol. The lowest BCUT2D eigenvalue weighted by molar-refractivity contribution is 0.312. The van der Waals surface area contributed by atoms with Gasteiger partial charge in [-0.25, -0.2) is 0 Å². The third-order valence-corrected chi connectivity index (χ3v) is 5.02. The summed E-state index contributed by atoms with van der Waals surface area (Å²) >= 11 is 1.69. The van der Waals surface area contributed by atoms with Crippen LogP contribution in [-0.2, 0) is 0 Å². The van der Waals surface area contributed by atoms with Crippen molar-refractivity contribution in [3.8, 4) is 5.06 Å². The lowest BCUT2D eigenvalue weighted by Crippen LogP contribution is -1.95. The average Bonchev–Trinajstić information content (AvgIpc) is 3.04. The third kappa shape index (κ3) is 12.1. The van der Waals surface area contributed by atoms with Crippen LogP contribution in [0, 0.1) is 0 Å². The second-order valence-corrected chi connectivity index (χ2v) is 7.29. The molecule has 1 rings (SSSR count). The van der Waals surface area contributed by atoms with Gasteiger partial charge < -0.3 is 4.74 Å². The predicted molar refractivity (Wildman–Crippen MR) is 100 cm³/mol. The fourth-order valence-corrected chi connectivity index (χ4v) is 3.41. The van der Waals surface area contributed by atoms with Crippen LogP contribution in [0.1, 0.15) is 96.8 Å². The van der Waals surface area contributed by atoms with Crippen LogP contribution >= 0.6 is 11.3 Å². The van der Waals surface area contributed by atoms with Crippen LogP contribution in [0.3, 0.4) is 0 Å². The first-order valence-electron chi connectivity index (χ1n) is 9.60. The molecule has 1 aromatic heterocycles. The van der Waals surface area contributed by atoms with Gasteiger partial charge in [0.2, 0.25) is 0 Å². The van der Waals surface area contributed by atoms with Gasteiger partial charge in [-0.05, 0) is 23.9 Å². The highest BCUT2D eigenvalue weighted by Gasteiger charge is 1.95. The van der Waals surface area contributed by atoms with Crippen molar-refractivity contribution in [1.29, 1.82) is 0 Å². The van der Waals surface area contributed by atoms with Crippen molar-refractivity contribution in [3.63, 3.8) is 0 Å². The number of hydrogen-bond donors (Lipinski definition) is 0. The molecule has 0 radical (unpaired) electrons. The van der Waals surface area contributed by atoms with Gasteiger partial charge in [-0.2, -0.15) is 0 Å². The minimum absolute atomic E-state index is 0.887. The predicted octanol–water partition coefficient (Wildman–Crippen LogP) is 7.61. The quantitative estimate of drug-likeness (QED) is 0.284. The Morgan fingerprint density at radius 1 is 0.727 bits per heavy atom. The van der Waals surface area contributed by atoms with Gasteiger partial charge in [0.15, 0.2) is 5.06 Å². The topological polar surface area (TPSA) is 9.23 Å². The molecule has 0 spiro atoms. The molecule has 0 saturated heterocycles. The Morgan fingerprint density at radius 2 is 1.23 bits per heavy atom. The van der Waals surface area contributed by atoms with E-state index in [2.05, 4.69) is 18.4 Å². The van der Waals surface area contributed by atoms with Crippen LogP contribution in [0.25, 0.3) is 0 Å². The summed E-state index contributed by atoms with van der Waals surface area (Å²) in [6.45, 7) is 3.18. The molecule has 0 aromatic carbocycles. The molecule has 22 heavy (non-hydrogen) atoms. The van der Waals surface area contributed by atoms with E-state index in [1.807, 2.05) is 6.07 Å². The number of rotatable bonds is 16. The van der Waals surface area contributed by atoms with E-state index >= 15 is 0 Å². The fraction of sp³-hybridized carbons (Fsp3) is 0.800. The third-order valence-electron chi connectivity index (χ3n) is 4.24. The lowest BCUT2D eigenvalue weighted by atomic mass is 10.0. The monoisotopic (exact) mass is 324 g/mol. The van der Waals surface area contributed by atoms with E-state index in [-0.39, 0.29) is 0 Å². The Balaban J connectivity index is 1.68. The van der Waals surface area contributed by atoms with Gasteiger partial charge in [-0.15, -0.1) is 11.3 Å². The molecule has 0 unspecified atom stereocenters. The van der Waals surface area contributed by atoms with Crippen molar-refractivity contribution in [2.45, 2.75) is 96.8 Å². The minimum Gasteiger partial charge on any atom is -0.484 e. The van der Waals surface area contributed by atoms with Gasteiger partial charge in [0.05, 0.1) is 6.61 Å². The van der Waals surface area contributed by atoms with E-state index in [9.17, 15) is 0 Å². The highest BCUT2D eigenvalue weighted by atomic mass is 32.1. The minimum atomic E-state index is 0.887. The van der Waals surface area contributed by atoms with Gasteiger partial charge in [0, 0.05) is 0 Å². The van der Waals surface area contributed by atoms with Gasteiger partial charge >= 0.3 is 0 Å². The number of hydrogen-bond acceptors (Lipinski definition) is 2. The van der Waals surface area contributed by atoms with E-state index in [1.54, 1.807) is 11.3 Å². The van der Waals surface area contributed by atoms with E-state index in [0.717, 1.165) is 11.7 Å². The summed E-state index contributed by atoms with van der Waals surface area (Å²) in [6, 6.07) is 4.10. The Kier molecular flexibility index (Phi) is 13.7. The van der Waals surface area contributed by atoms with E-state index < -0.39 is 0 Å². The second kappa shape index (κ2) is 15.4. The normalized spacial score (nSPS) is 11.0. The summed E-state index contributed by atoms with van der Waals surface area (Å²) in [6.07, 6.45) is 19.7. The van der Waals surface area contributed by atoms with E-state index in [1.165, 1.54) is 89.9 Å². The largest absolute Gasteiger partial charge is 0.484 e. The standard InChI is InChI=1S/C20H36OS/c1-2-3-4-5-6-7-8-9-10-11-12-13-14-15-18-21-20-17-16-19-22-20/h16-17,19H,2-15,18H2,1H3. The molecule has 1 nitrogen and oxygen atoms in total. The molecule has 0 bridgehead atoms. The van der Waals surface area contributed by atoms with Crippen molar-refractivity contribution < 1.29 is 4.74 Å². The van der Waals surface area contributed by atoms with Crippen LogP contribution in [-0.4, -0.2) is 6.61 Å². The zero-order valence-corrected chi connectivity index (χ0v) is 15.5. The smallest absolute Gasteiger partial charge is 0.173 e. The zero-order valence-electron chi connectivity index (χ0n) is 14.7. The maximum atomic E-state index is 5.67. The van der Waals surface area contributed by atoms with Crippen molar-refractivity contribution in [2.75, 3.05) is 6.61 Å². The Morgan fingerprint density at radius 3 is 1.68 bits per heavy atom. The number of thiophene rings is 1. The molecule has 0 fully saturated rings. The van der Waals surface area contributed by atoms with Gasteiger partial charge in [-0.1, -0.05) is 90.4 Å². The maximum Gasteiger partial charge on any atom is 0.173 e. The summed E-state index contributed by atoms with van der Waals surface area (Å²) < 4.78 is 5.67. The fourth-order valence-electron chi connectivity index (χ4n) is 2.81. The molecule has 0 aliphatic heterocycles. The summed E-state index contributed by atoms with van der Waals surface area (Å²) in [4.78, 5) is 0. The van der Waals surface area contributed by atoms with Crippen LogP contribution in [0.5, 0.6) is 5.06 Å². The van der Waals surface area contributed by atoms with Crippen LogP contribution in [0.4, 0.5) is 0 Å². The molecule has 2 heteroatoms. The molecular formula is C20H36OS. The lowest BCUT2D eigenvalue weighted by Gasteiger charge is -2.04. The van der Waals surface area contributed by atoms with Crippen molar-refractivity contribution in [3.05, 3.63) is 17.5 Å². The molecule has 0 N–H and O–H groups in total. The molecule has 0 aliphatic rings. The summed E-state index contributed by atoms with van der Waals surface area (Å²) in [5.41, 5.74) is 0. The molecule has 0 amide bonds. The van der Waals surface area contributed by atoms with E-state index in [4.69, 9.17) is 4.74 Å². The number of ether oxygens (including phenoxy) is 1. The van der Waals surface area contributed by atoms with Crippen LogP contribution in [0.15, 0.2) is 17.5 Å². The molecule has 1 heterocycles. The zero-order chi connectivity index (χ0) is 15.7. The Labute approximate surface area is 142 Å². The van der Waals surface area contributed by atoms with Gasteiger partial charge in [0.25, 0.3) is 0 Å². The summed E-state index contributed by atoms with van der Waals surface area (Å²) in [5, 5.41) is 3.13. The van der Waals surface area contributed by atoms with Crippen molar-refractivity contribution in [2.24, 2.45) is 0 Å². The Hall–Kier alpha value is -0.500. The van der Waals surface area contributed by atoms with Gasteiger partial charge in [-0.3, -0.25) is 0 Å². The summed E-state index contributed by atoms with van der Waals surface area (Å²) in [7, 11) is 0. The first-order valence-corrected chi connectivity index (χ1v) is 10.5. The molecule has 128 valence electrons. The van der Waals surface area contributed by atoms with E-state index in [0.29, 0.717) is 0 Å². The summed E-state index contributed by atoms with van der Waals surface area (Å²) in [5.74, 6) is 0. The van der Waals surface area contributed by atoms with Crippen LogP contribution in [0.2, 0.25) is 0 Å². The maximum absolute atomic E-state index is 5.67. The van der Waals surface area contributed by atoms with Crippen molar-refractivity contribution >= 4 is 11.3 Å². The second-order valence-electron chi connectivity index (χ2n) is 6.38. The molecule has 1 aromatic rings. The van der Waals surface area contributed by atoms with Crippen molar-refractivity contribution in [1.82, 2.24) is 0 Å². The van der Waals surface area contributed by atoms with Crippen LogP contribution < -0.4 is 4.74 Å². The molecular weight excluding hydrogens is 288 g/mol. The first kappa shape index (κ1) is 19.5. The Bertz CT molecular complexity index is 308. The SMILES string of the molecule is CCCCCCCCCCCCCCCCOc1cccs1. The highest BCUT2D eigenvalue weighted by molar-refractivity contribution is 7.11. The first-order chi connectivity index (χ1) is 10.9. The van der Waals surface area contributed by atoms with Gasteiger partial charge in [0.1, 0.15) is 0 Å². The molecule has 0 saturated carbocycles. The molecule has 0 atom stereocenters.